The van der Waals surface area contributed by atoms with E-state index in [4.69, 9.17) is 15.5 Å². The summed E-state index contributed by atoms with van der Waals surface area (Å²) in [6.07, 6.45) is 4.14. The van der Waals surface area contributed by atoms with E-state index in [1.54, 1.807) is 0 Å². The molecule has 0 aromatic carbocycles. The number of nitrogens with zero attached hydrogens (tertiary/aromatic N) is 3. The number of anilines is 1. The molecule has 0 radical (unpaired) electrons. The minimum Gasteiger partial charge on any atom is -0.375 e. The van der Waals surface area contributed by atoms with Gasteiger partial charge in [-0.15, -0.1) is 0 Å². The van der Waals surface area contributed by atoms with Crippen molar-refractivity contribution in [1.82, 2.24) is 9.38 Å². The van der Waals surface area contributed by atoms with Gasteiger partial charge in [-0.05, 0) is 25.5 Å². The Morgan fingerprint density at radius 2 is 2.33 bits per heavy atom. The first-order valence-corrected chi connectivity index (χ1v) is 7.77. The van der Waals surface area contributed by atoms with Crippen LogP contribution in [0.25, 0.3) is 5.65 Å². The largest absolute Gasteiger partial charge is 0.375 e. The van der Waals surface area contributed by atoms with E-state index < -0.39 is 0 Å². The van der Waals surface area contributed by atoms with Crippen LogP contribution in [0.1, 0.15) is 26.0 Å². The van der Waals surface area contributed by atoms with Gasteiger partial charge < -0.3 is 19.8 Å². The number of hydrogen-bond acceptors (Lipinski definition) is 4. The number of hydrogen-bond donors (Lipinski definition) is 1. The van der Waals surface area contributed by atoms with E-state index in [-0.39, 0.29) is 12.1 Å². The SMILES string of the molecule is CCC(N)Cc1c(N2CCOC(C)C2)nc2ccccn12. The average molecular weight is 288 g/mol. The summed E-state index contributed by atoms with van der Waals surface area (Å²) in [5.74, 6) is 1.07. The van der Waals surface area contributed by atoms with Crippen LogP contribution in [0.5, 0.6) is 0 Å². The summed E-state index contributed by atoms with van der Waals surface area (Å²) < 4.78 is 7.82. The molecule has 3 heterocycles. The standard InChI is InChI=1S/C16H24N4O/c1-3-13(17)10-14-16(19-8-9-21-12(2)11-19)18-15-6-4-5-7-20(14)15/h4-7,12-13H,3,8-11,17H2,1-2H3. The molecule has 5 nitrogen and oxygen atoms in total. The molecule has 0 bridgehead atoms. The molecule has 1 aliphatic rings. The molecule has 2 aromatic rings. The van der Waals surface area contributed by atoms with E-state index >= 15 is 0 Å². The van der Waals surface area contributed by atoms with Gasteiger partial charge >= 0.3 is 0 Å². The number of fused-ring (bicyclic) bond motifs is 1. The van der Waals surface area contributed by atoms with Gasteiger partial charge in [0.15, 0.2) is 5.82 Å². The third kappa shape index (κ3) is 2.89. The number of imidazole rings is 1. The highest BCUT2D eigenvalue weighted by Gasteiger charge is 2.23. The first-order valence-electron chi connectivity index (χ1n) is 7.77. The zero-order chi connectivity index (χ0) is 14.8. The van der Waals surface area contributed by atoms with E-state index in [9.17, 15) is 0 Å². The Hall–Kier alpha value is -1.59. The smallest absolute Gasteiger partial charge is 0.151 e. The van der Waals surface area contributed by atoms with E-state index in [0.717, 1.165) is 44.0 Å². The summed E-state index contributed by atoms with van der Waals surface area (Å²) in [5, 5.41) is 0. The van der Waals surface area contributed by atoms with Gasteiger partial charge in [0.25, 0.3) is 0 Å². The lowest BCUT2D eigenvalue weighted by atomic mass is 10.1. The van der Waals surface area contributed by atoms with E-state index in [2.05, 4.69) is 29.3 Å². The number of aromatic nitrogens is 2. The molecule has 1 aliphatic heterocycles. The molecule has 0 saturated carbocycles. The Labute approximate surface area is 125 Å². The molecule has 2 atom stereocenters. The number of nitrogens with two attached hydrogens (primary N) is 1. The van der Waals surface area contributed by atoms with Crippen LogP contribution in [0, 0.1) is 0 Å². The Balaban J connectivity index is 2.01. The Morgan fingerprint density at radius 1 is 1.48 bits per heavy atom. The van der Waals surface area contributed by atoms with Crippen LogP contribution in [0.4, 0.5) is 5.82 Å². The lowest BCUT2D eigenvalue weighted by Gasteiger charge is -2.32. The highest BCUT2D eigenvalue weighted by atomic mass is 16.5. The third-order valence-corrected chi connectivity index (χ3v) is 4.13. The quantitative estimate of drug-likeness (QED) is 0.932. The second kappa shape index (κ2) is 6.03. The van der Waals surface area contributed by atoms with Crippen LogP contribution in [0.2, 0.25) is 0 Å². The molecule has 114 valence electrons. The molecule has 5 heteroatoms. The van der Waals surface area contributed by atoms with Gasteiger partial charge in [0.05, 0.1) is 18.4 Å². The van der Waals surface area contributed by atoms with Gasteiger partial charge in [0.2, 0.25) is 0 Å². The molecule has 2 unspecified atom stereocenters. The van der Waals surface area contributed by atoms with Crippen LogP contribution < -0.4 is 10.6 Å². The first-order chi connectivity index (χ1) is 10.2. The molecule has 2 N–H and O–H groups in total. The molecule has 1 saturated heterocycles. The molecule has 3 rings (SSSR count). The van der Waals surface area contributed by atoms with Crippen LogP contribution in [0.3, 0.4) is 0 Å². The third-order valence-electron chi connectivity index (χ3n) is 4.13. The van der Waals surface area contributed by atoms with Gasteiger partial charge in [0.1, 0.15) is 5.65 Å². The number of pyridine rings is 1. The van der Waals surface area contributed by atoms with Gasteiger partial charge in [-0.1, -0.05) is 13.0 Å². The highest BCUT2D eigenvalue weighted by molar-refractivity contribution is 5.56. The number of morpholine rings is 1. The van der Waals surface area contributed by atoms with Crippen molar-refractivity contribution in [3.8, 4) is 0 Å². The molecule has 21 heavy (non-hydrogen) atoms. The lowest BCUT2D eigenvalue weighted by Crippen LogP contribution is -2.42. The van der Waals surface area contributed by atoms with E-state index in [1.165, 1.54) is 5.69 Å². The summed E-state index contributed by atoms with van der Waals surface area (Å²) in [5.41, 5.74) is 8.40. The van der Waals surface area contributed by atoms with Crippen molar-refractivity contribution in [1.29, 1.82) is 0 Å². The van der Waals surface area contributed by atoms with Crippen LogP contribution >= 0.6 is 0 Å². The van der Waals surface area contributed by atoms with E-state index in [1.807, 2.05) is 18.2 Å². The molecule has 1 fully saturated rings. The molecule has 0 spiro atoms. The summed E-state index contributed by atoms with van der Waals surface area (Å²) in [7, 11) is 0. The van der Waals surface area contributed by atoms with Crippen LogP contribution in [-0.2, 0) is 11.2 Å². The van der Waals surface area contributed by atoms with Gasteiger partial charge in [-0.2, -0.15) is 0 Å². The fraction of sp³-hybridized carbons (Fsp3) is 0.562. The minimum atomic E-state index is 0.169. The summed E-state index contributed by atoms with van der Waals surface area (Å²) in [6.45, 7) is 6.78. The molecule has 2 aromatic heterocycles. The van der Waals surface area contributed by atoms with E-state index in [0.29, 0.717) is 0 Å². The van der Waals surface area contributed by atoms with Crippen molar-refractivity contribution in [2.45, 2.75) is 38.8 Å². The fourth-order valence-electron chi connectivity index (χ4n) is 2.88. The van der Waals surface area contributed by atoms with Crippen molar-refractivity contribution in [3.05, 3.63) is 30.1 Å². The van der Waals surface area contributed by atoms with Gasteiger partial charge in [-0.25, -0.2) is 4.98 Å². The lowest BCUT2D eigenvalue weighted by molar-refractivity contribution is 0.0529. The minimum absolute atomic E-state index is 0.169. The van der Waals surface area contributed by atoms with Gasteiger partial charge in [-0.3, -0.25) is 0 Å². The number of ether oxygens (including phenoxy) is 1. The maximum atomic E-state index is 6.20. The molecular formula is C16H24N4O. The fourth-order valence-corrected chi connectivity index (χ4v) is 2.88. The first kappa shape index (κ1) is 14.4. The van der Waals surface area contributed by atoms with Crippen molar-refractivity contribution in [3.63, 3.8) is 0 Å². The van der Waals surface area contributed by atoms with Crippen LogP contribution in [-0.4, -0.2) is 41.2 Å². The van der Waals surface area contributed by atoms with Gasteiger partial charge in [0, 0.05) is 31.7 Å². The summed E-state index contributed by atoms with van der Waals surface area (Å²) >= 11 is 0. The van der Waals surface area contributed by atoms with Crippen LogP contribution in [0.15, 0.2) is 24.4 Å². The second-order valence-electron chi connectivity index (χ2n) is 5.81. The monoisotopic (exact) mass is 288 g/mol. The van der Waals surface area contributed by atoms with Crippen molar-refractivity contribution in [2.75, 3.05) is 24.6 Å². The maximum absolute atomic E-state index is 6.20. The zero-order valence-electron chi connectivity index (χ0n) is 12.8. The Kier molecular flexibility index (Phi) is 4.12. The molecule has 0 amide bonds. The van der Waals surface area contributed by atoms with Crippen molar-refractivity contribution >= 4 is 11.5 Å². The second-order valence-corrected chi connectivity index (χ2v) is 5.81. The van der Waals surface area contributed by atoms with Crippen molar-refractivity contribution in [2.24, 2.45) is 5.73 Å². The maximum Gasteiger partial charge on any atom is 0.151 e. The average Bonchev–Trinajstić information content (AvgIpc) is 2.86. The zero-order valence-corrected chi connectivity index (χ0v) is 12.8. The Morgan fingerprint density at radius 3 is 3.10 bits per heavy atom. The Bertz CT molecular complexity index is 609. The summed E-state index contributed by atoms with van der Waals surface area (Å²) in [4.78, 5) is 7.17. The molecular weight excluding hydrogens is 264 g/mol. The predicted molar refractivity (Wildman–Crippen MR) is 84.8 cm³/mol. The topological polar surface area (TPSA) is 55.8 Å². The summed E-state index contributed by atoms with van der Waals surface area (Å²) in [6, 6.07) is 6.29. The number of rotatable bonds is 4. The normalized spacial score (nSPS) is 20.9. The highest BCUT2D eigenvalue weighted by Crippen LogP contribution is 2.25. The predicted octanol–water partition coefficient (Wildman–Crippen LogP) is 1.84. The van der Waals surface area contributed by atoms with Crippen molar-refractivity contribution < 1.29 is 4.74 Å². The molecule has 0 aliphatic carbocycles.